The van der Waals surface area contributed by atoms with E-state index in [1.165, 1.54) is 23.9 Å². The normalized spacial score (nSPS) is 13.7. The second kappa shape index (κ2) is 7.74. The van der Waals surface area contributed by atoms with Crippen molar-refractivity contribution in [2.24, 2.45) is 0 Å². The predicted molar refractivity (Wildman–Crippen MR) is 101 cm³/mol. The number of benzene rings is 1. The van der Waals surface area contributed by atoms with Gasteiger partial charge >= 0.3 is 0 Å². The van der Waals surface area contributed by atoms with E-state index in [0.29, 0.717) is 23.3 Å². The smallest absolute Gasteiger partial charge is 0.234 e. The molecule has 0 saturated heterocycles. The predicted octanol–water partition coefficient (Wildman–Crippen LogP) is 4.32. The van der Waals surface area contributed by atoms with Crippen molar-refractivity contribution in [2.75, 3.05) is 11.1 Å². The summed E-state index contributed by atoms with van der Waals surface area (Å²) in [6, 6.07) is 7.57. The van der Waals surface area contributed by atoms with Crippen LogP contribution in [-0.4, -0.2) is 26.4 Å². The number of amides is 1. The lowest BCUT2D eigenvalue weighted by atomic mass is 10.3. The van der Waals surface area contributed by atoms with E-state index in [1.807, 2.05) is 16.7 Å². The molecular formula is C18H16ClFN4O2S. The van der Waals surface area contributed by atoms with E-state index in [-0.39, 0.29) is 16.7 Å². The summed E-state index contributed by atoms with van der Waals surface area (Å²) in [6.45, 7) is 0.527. The molecule has 140 valence electrons. The van der Waals surface area contributed by atoms with Gasteiger partial charge in [-0.3, -0.25) is 9.36 Å². The number of rotatable bonds is 7. The van der Waals surface area contributed by atoms with Crippen LogP contribution < -0.4 is 5.32 Å². The maximum Gasteiger partial charge on any atom is 0.234 e. The molecule has 2 aromatic heterocycles. The molecule has 1 N–H and O–H groups in total. The Hall–Kier alpha value is -2.32. The molecule has 4 rings (SSSR count). The minimum absolute atomic E-state index is 0.134. The maximum absolute atomic E-state index is 13.1. The highest BCUT2D eigenvalue weighted by Crippen LogP contribution is 2.40. The van der Waals surface area contributed by atoms with Crippen LogP contribution in [0.15, 0.2) is 46.2 Å². The Kier molecular flexibility index (Phi) is 5.18. The fourth-order valence-corrected chi connectivity index (χ4v) is 3.62. The molecule has 9 heteroatoms. The molecule has 0 bridgehead atoms. The lowest BCUT2D eigenvalue weighted by Crippen LogP contribution is -2.15. The van der Waals surface area contributed by atoms with Gasteiger partial charge in [0.2, 0.25) is 5.91 Å². The first-order valence-electron chi connectivity index (χ1n) is 8.43. The average molecular weight is 407 g/mol. The van der Waals surface area contributed by atoms with Crippen LogP contribution in [0.5, 0.6) is 0 Å². The highest BCUT2D eigenvalue weighted by Gasteiger charge is 2.30. The number of carbonyl (C=O) groups excluding carboxylic acids is 1. The number of hydrogen-bond acceptors (Lipinski definition) is 5. The van der Waals surface area contributed by atoms with E-state index in [2.05, 4.69) is 15.5 Å². The summed E-state index contributed by atoms with van der Waals surface area (Å²) in [5, 5.41) is 12.0. The first-order chi connectivity index (χ1) is 13.1. The van der Waals surface area contributed by atoms with Crippen LogP contribution in [0.4, 0.5) is 10.1 Å². The SMILES string of the molecule is O=C(CSc1nnc(C2CC2)n1Cc1ccco1)Nc1ccc(F)cc1Cl. The second-order valence-electron chi connectivity index (χ2n) is 6.24. The number of nitrogens with one attached hydrogen (secondary N) is 1. The van der Waals surface area contributed by atoms with Crippen LogP contribution in [-0.2, 0) is 11.3 Å². The maximum atomic E-state index is 13.1. The lowest BCUT2D eigenvalue weighted by Gasteiger charge is -2.09. The van der Waals surface area contributed by atoms with Crippen molar-refractivity contribution < 1.29 is 13.6 Å². The molecule has 1 saturated carbocycles. The number of halogens is 2. The van der Waals surface area contributed by atoms with Crippen molar-refractivity contribution >= 4 is 35.0 Å². The largest absolute Gasteiger partial charge is 0.467 e. The van der Waals surface area contributed by atoms with Gasteiger partial charge in [0.25, 0.3) is 0 Å². The zero-order chi connectivity index (χ0) is 18.8. The van der Waals surface area contributed by atoms with E-state index in [0.717, 1.165) is 30.5 Å². The molecule has 0 aliphatic heterocycles. The third kappa shape index (κ3) is 4.33. The monoisotopic (exact) mass is 406 g/mol. The first-order valence-corrected chi connectivity index (χ1v) is 9.79. The van der Waals surface area contributed by atoms with Crippen LogP contribution in [0.25, 0.3) is 0 Å². The molecule has 1 fully saturated rings. The van der Waals surface area contributed by atoms with Gasteiger partial charge in [-0.15, -0.1) is 10.2 Å². The van der Waals surface area contributed by atoms with Gasteiger partial charge in [0.05, 0.1) is 29.3 Å². The van der Waals surface area contributed by atoms with E-state index in [9.17, 15) is 9.18 Å². The van der Waals surface area contributed by atoms with Crippen LogP contribution in [0.2, 0.25) is 5.02 Å². The molecule has 2 heterocycles. The van der Waals surface area contributed by atoms with Crippen molar-refractivity contribution in [3.8, 4) is 0 Å². The number of anilines is 1. The average Bonchev–Trinajstić information content (AvgIpc) is 3.20. The molecule has 1 aliphatic carbocycles. The zero-order valence-corrected chi connectivity index (χ0v) is 15.8. The summed E-state index contributed by atoms with van der Waals surface area (Å²) in [5.41, 5.74) is 0.374. The number of thioether (sulfide) groups is 1. The van der Waals surface area contributed by atoms with Gasteiger partial charge in [-0.2, -0.15) is 0 Å². The van der Waals surface area contributed by atoms with Gasteiger partial charge < -0.3 is 9.73 Å². The Morgan fingerprint density at radius 1 is 1.37 bits per heavy atom. The number of carbonyl (C=O) groups is 1. The Bertz CT molecular complexity index is 956. The van der Waals surface area contributed by atoms with Gasteiger partial charge in [0, 0.05) is 5.92 Å². The second-order valence-corrected chi connectivity index (χ2v) is 7.59. The highest BCUT2D eigenvalue weighted by atomic mass is 35.5. The standard InChI is InChI=1S/C18H16ClFN4O2S/c19-14-8-12(20)5-6-15(14)21-16(25)10-27-18-23-22-17(11-3-4-11)24(18)9-13-2-1-7-26-13/h1-2,5-8,11H,3-4,9-10H2,(H,21,25). The minimum Gasteiger partial charge on any atom is -0.467 e. The summed E-state index contributed by atoms with van der Waals surface area (Å²) >= 11 is 7.23. The Labute approximate surface area is 164 Å². The van der Waals surface area contributed by atoms with Crippen LogP contribution in [0, 0.1) is 5.82 Å². The third-order valence-corrected chi connectivity index (χ3v) is 5.40. The van der Waals surface area contributed by atoms with E-state index < -0.39 is 5.82 Å². The van der Waals surface area contributed by atoms with Crippen molar-refractivity contribution in [3.05, 3.63) is 59.0 Å². The molecule has 0 radical (unpaired) electrons. The van der Waals surface area contributed by atoms with Crippen LogP contribution in [0.3, 0.4) is 0 Å². The van der Waals surface area contributed by atoms with E-state index >= 15 is 0 Å². The molecule has 0 unspecified atom stereocenters. The summed E-state index contributed by atoms with van der Waals surface area (Å²) < 4.78 is 20.5. The fourth-order valence-electron chi connectivity index (χ4n) is 2.66. The summed E-state index contributed by atoms with van der Waals surface area (Å²) in [7, 11) is 0. The molecule has 3 aromatic rings. The molecule has 1 amide bonds. The first kappa shape index (κ1) is 18.1. The summed E-state index contributed by atoms with van der Waals surface area (Å²) in [6.07, 6.45) is 3.83. The minimum atomic E-state index is -0.453. The lowest BCUT2D eigenvalue weighted by molar-refractivity contribution is -0.113. The van der Waals surface area contributed by atoms with Gasteiger partial charge in [0.15, 0.2) is 5.16 Å². The van der Waals surface area contributed by atoms with Crippen molar-refractivity contribution in [3.63, 3.8) is 0 Å². The molecule has 0 spiro atoms. The van der Waals surface area contributed by atoms with Gasteiger partial charge in [0.1, 0.15) is 17.4 Å². The number of furan rings is 1. The third-order valence-electron chi connectivity index (χ3n) is 4.12. The molecule has 1 aromatic carbocycles. The highest BCUT2D eigenvalue weighted by molar-refractivity contribution is 7.99. The number of hydrogen-bond donors (Lipinski definition) is 1. The topological polar surface area (TPSA) is 73.0 Å². The van der Waals surface area contributed by atoms with Crippen LogP contribution in [0.1, 0.15) is 30.3 Å². The Morgan fingerprint density at radius 3 is 2.93 bits per heavy atom. The van der Waals surface area contributed by atoms with Gasteiger partial charge in [-0.05, 0) is 43.2 Å². The summed E-state index contributed by atoms with van der Waals surface area (Å²) in [4.78, 5) is 12.2. The van der Waals surface area contributed by atoms with Gasteiger partial charge in [-0.25, -0.2) is 4.39 Å². The van der Waals surface area contributed by atoms with E-state index in [4.69, 9.17) is 16.0 Å². The number of nitrogens with zero attached hydrogens (tertiary/aromatic N) is 3. The van der Waals surface area contributed by atoms with Gasteiger partial charge in [-0.1, -0.05) is 23.4 Å². The number of aromatic nitrogens is 3. The Morgan fingerprint density at radius 2 is 2.22 bits per heavy atom. The molecule has 6 nitrogen and oxygen atoms in total. The van der Waals surface area contributed by atoms with Crippen molar-refractivity contribution in [1.82, 2.24) is 14.8 Å². The quantitative estimate of drug-likeness (QED) is 0.591. The molecule has 0 atom stereocenters. The van der Waals surface area contributed by atoms with Crippen molar-refractivity contribution in [2.45, 2.75) is 30.5 Å². The van der Waals surface area contributed by atoms with Crippen molar-refractivity contribution in [1.29, 1.82) is 0 Å². The summed E-state index contributed by atoms with van der Waals surface area (Å²) in [5.74, 6) is 1.58. The fraction of sp³-hybridized carbons (Fsp3) is 0.278. The van der Waals surface area contributed by atoms with Crippen LogP contribution >= 0.6 is 23.4 Å². The molecular weight excluding hydrogens is 391 g/mol. The molecule has 27 heavy (non-hydrogen) atoms. The molecule has 1 aliphatic rings. The zero-order valence-electron chi connectivity index (χ0n) is 14.2. The Balaban J connectivity index is 1.43. The van der Waals surface area contributed by atoms with E-state index in [1.54, 1.807) is 6.26 Å².